The second-order valence-corrected chi connectivity index (χ2v) is 4.06. The Morgan fingerprint density at radius 2 is 2.47 bits per heavy atom. The Morgan fingerprint density at radius 3 is 3.13 bits per heavy atom. The van der Waals surface area contributed by atoms with Crippen LogP contribution in [0.2, 0.25) is 0 Å². The molecule has 1 aromatic heterocycles. The Bertz CT molecular complexity index is 332. The molecule has 1 amide bonds. The van der Waals surface area contributed by atoms with E-state index in [0.717, 1.165) is 23.0 Å². The van der Waals surface area contributed by atoms with Gasteiger partial charge in [0.05, 0.1) is 0 Å². The number of hydrazine groups is 1. The minimum absolute atomic E-state index is 0.138. The van der Waals surface area contributed by atoms with E-state index in [0.29, 0.717) is 6.42 Å². The van der Waals surface area contributed by atoms with Gasteiger partial charge in [0, 0.05) is 24.1 Å². The molecule has 0 saturated heterocycles. The number of nitrogens with one attached hydrogen (secondary N) is 1. The summed E-state index contributed by atoms with van der Waals surface area (Å²) in [6.07, 6.45) is 2.94. The second-order valence-electron chi connectivity index (χ2n) is 3.00. The van der Waals surface area contributed by atoms with Crippen molar-refractivity contribution >= 4 is 17.7 Å². The predicted molar refractivity (Wildman–Crippen MR) is 59.1 cm³/mol. The largest absolute Gasteiger partial charge is 0.294 e. The van der Waals surface area contributed by atoms with Gasteiger partial charge in [0.15, 0.2) is 5.16 Å². The SMILES string of the molecule is Cc1ccnc(SCCCC(=O)NN)n1. The van der Waals surface area contributed by atoms with E-state index in [4.69, 9.17) is 5.84 Å². The van der Waals surface area contributed by atoms with E-state index < -0.39 is 0 Å². The molecule has 6 heteroatoms. The first-order valence-corrected chi connectivity index (χ1v) is 5.63. The van der Waals surface area contributed by atoms with Gasteiger partial charge in [0.2, 0.25) is 5.91 Å². The van der Waals surface area contributed by atoms with Crippen molar-refractivity contribution in [3.63, 3.8) is 0 Å². The molecule has 0 spiro atoms. The maximum Gasteiger partial charge on any atom is 0.233 e. The smallest absolute Gasteiger partial charge is 0.233 e. The molecule has 0 aliphatic rings. The van der Waals surface area contributed by atoms with Crippen LogP contribution in [0.1, 0.15) is 18.5 Å². The summed E-state index contributed by atoms with van der Waals surface area (Å²) in [6, 6.07) is 1.85. The molecule has 1 rings (SSSR count). The van der Waals surface area contributed by atoms with Crippen LogP contribution in [-0.4, -0.2) is 21.6 Å². The van der Waals surface area contributed by atoms with Gasteiger partial charge in [-0.15, -0.1) is 0 Å². The summed E-state index contributed by atoms with van der Waals surface area (Å²) < 4.78 is 0. The van der Waals surface area contributed by atoms with Gasteiger partial charge in [-0.2, -0.15) is 0 Å². The van der Waals surface area contributed by atoms with Crippen molar-refractivity contribution in [2.24, 2.45) is 5.84 Å². The molecule has 1 aromatic rings. The molecule has 82 valence electrons. The van der Waals surface area contributed by atoms with Gasteiger partial charge in [-0.3, -0.25) is 10.2 Å². The lowest BCUT2D eigenvalue weighted by atomic mass is 10.3. The fraction of sp³-hybridized carbons (Fsp3) is 0.444. The summed E-state index contributed by atoms with van der Waals surface area (Å²) in [5.41, 5.74) is 3.04. The number of hydrogen-bond acceptors (Lipinski definition) is 5. The average molecular weight is 226 g/mol. The van der Waals surface area contributed by atoms with Gasteiger partial charge in [-0.1, -0.05) is 11.8 Å². The molecule has 0 saturated carbocycles. The van der Waals surface area contributed by atoms with Gasteiger partial charge >= 0.3 is 0 Å². The predicted octanol–water partition coefficient (Wildman–Crippen LogP) is 0.647. The van der Waals surface area contributed by atoms with Crippen LogP contribution < -0.4 is 11.3 Å². The molecule has 0 radical (unpaired) electrons. The maximum absolute atomic E-state index is 10.8. The Hall–Kier alpha value is -1.14. The molecule has 3 N–H and O–H groups in total. The normalized spacial score (nSPS) is 10.0. The zero-order valence-corrected chi connectivity index (χ0v) is 9.38. The highest BCUT2D eigenvalue weighted by atomic mass is 32.2. The maximum atomic E-state index is 10.8. The third-order valence-electron chi connectivity index (χ3n) is 1.71. The van der Waals surface area contributed by atoms with E-state index in [1.54, 1.807) is 18.0 Å². The minimum Gasteiger partial charge on any atom is -0.294 e. The Labute approximate surface area is 92.8 Å². The van der Waals surface area contributed by atoms with Crippen LogP contribution in [0.4, 0.5) is 0 Å². The van der Waals surface area contributed by atoms with Gasteiger partial charge in [0.25, 0.3) is 0 Å². The molecular formula is C9H14N4OS. The molecule has 0 atom stereocenters. The Morgan fingerprint density at radius 1 is 1.67 bits per heavy atom. The summed E-state index contributed by atoms with van der Waals surface area (Å²) in [5.74, 6) is 5.63. The number of aromatic nitrogens is 2. The minimum atomic E-state index is -0.138. The number of aryl methyl sites for hydroxylation is 1. The van der Waals surface area contributed by atoms with Crippen LogP contribution in [0.3, 0.4) is 0 Å². The standard InChI is InChI=1S/C9H14N4OS/c1-7-4-5-11-9(12-7)15-6-2-3-8(14)13-10/h4-5H,2-3,6,10H2,1H3,(H,13,14). The lowest BCUT2D eigenvalue weighted by Gasteiger charge is -2.00. The third-order valence-corrected chi connectivity index (χ3v) is 2.66. The summed E-state index contributed by atoms with van der Waals surface area (Å²) in [7, 11) is 0. The number of nitrogens with two attached hydrogens (primary N) is 1. The number of hydrogen-bond donors (Lipinski definition) is 2. The van der Waals surface area contributed by atoms with Crippen molar-refractivity contribution in [3.05, 3.63) is 18.0 Å². The third kappa shape index (κ3) is 4.75. The Kier molecular flexibility index (Phi) is 5.06. The number of thioether (sulfide) groups is 1. The van der Waals surface area contributed by atoms with Crippen LogP contribution in [0.5, 0.6) is 0 Å². The first kappa shape index (κ1) is 11.9. The van der Waals surface area contributed by atoms with Crippen molar-refractivity contribution in [1.82, 2.24) is 15.4 Å². The second kappa shape index (κ2) is 6.36. The molecule has 0 unspecified atom stereocenters. The van der Waals surface area contributed by atoms with Gasteiger partial charge in [-0.05, 0) is 19.4 Å². The Balaban J connectivity index is 2.23. The molecule has 1 heterocycles. The summed E-state index contributed by atoms with van der Waals surface area (Å²) >= 11 is 1.54. The molecule has 15 heavy (non-hydrogen) atoms. The quantitative estimate of drug-likeness (QED) is 0.192. The van der Waals surface area contributed by atoms with Gasteiger partial charge in [-0.25, -0.2) is 15.8 Å². The van der Waals surface area contributed by atoms with E-state index in [1.165, 1.54) is 0 Å². The van der Waals surface area contributed by atoms with Crippen molar-refractivity contribution in [1.29, 1.82) is 0 Å². The average Bonchev–Trinajstić information content (AvgIpc) is 2.24. The van der Waals surface area contributed by atoms with Crippen molar-refractivity contribution in [2.75, 3.05) is 5.75 Å². The zero-order chi connectivity index (χ0) is 11.1. The van der Waals surface area contributed by atoms with Gasteiger partial charge < -0.3 is 0 Å². The highest BCUT2D eigenvalue weighted by molar-refractivity contribution is 7.99. The first-order chi connectivity index (χ1) is 7.22. The molecular weight excluding hydrogens is 212 g/mol. The van der Waals surface area contributed by atoms with Crippen LogP contribution >= 0.6 is 11.8 Å². The molecule has 0 aromatic carbocycles. The van der Waals surface area contributed by atoms with Crippen molar-refractivity contribution in [3.8, 4) is 0 Å². The van der Waals surface area contributed by atoms with E-state index >= 15 is 0 Å². The lowest BCUT2D eigenvalue weighted by Crippen LogP contribution is -2.29. The van der Waals surface area contributed by atoms with Crippen LogP contribution in [0.15, 0.2) is 17.4 Å². The summed E-state index contributed by atoms with van der Waals surface area (Å²) in [6.45, 7) is 1.92. The van der Waals surface area contributed by atoms with E-state index in [1.807, 2.05) is 13.0 Å². The number of amides is 1. The van der Waals surface area contributed by atoms with Gasteiger partial charge in [0.1, 0.15) is 0 Å². The molecule has 0 fully saturated rings. The number of carbonyl (C=O) groups excluding carboxylic acids is 1. The monoisotopic (exact) mass is 226 g/mol. The van der Waals surface area contributed by atoms with E-state index in [9.17, 15) is 4.79 Å². The highest BCUT2D eigenvalue weighted by Gasteiger charge is 2.00. The van der Waals surface area contributed by atoms with Crippen LogP contribution in [-0.2, 0) is 4.79 Å². The fourth-order valence-corrected chi connectivity index (χ4v) is 1.78. The van der Waals surface area contributed by atoms with Crippen LogP contribution in [0, 0.1) is 6.92 Å². The fourth-order valence-electron chi connectivity index (χ4n) is 0.964. The number of rotatable bonds is 5. The zero-order valence-electron chi connectivity index (χ0n) is 8.56. The summed E-state index contributed by atoms with van der Waals surface area (Å²) in [4.78, 5) is 19.1. The lowest BCUT2D eigenvalue weighted by molar-refractivity contribution is -0.121. The van der Waals surface area contributed by atoms with Crippen molar-refractivity contribution in [2.45, 2.75) is 24.9 Å². The number of nitrogens with zero attached hydrogens (tertiary/aromatic N) is 2. The summed E-state index contributed by atoms with van der Waals surface area (Å²) in [5, 5.41) is 0.753. The first-order valence-electron chi connectivity index (χ1n) is 4.64. The molecule has 0 bridgehead atoms. The molecule has 5 nitrogen and oxygen atoms in total. The molecule has 0 aliphatic heterocycles. The topological polar surface area (TPSA) is 80.9 Å². The van der Waals surface area contributed by atoms with E-state index in [-0.39, 0.29) is 5.91 Å². The van der Waals surface area contributed by atoms with Crippen molar-refractivity contribution < 1.29 is 4.79 Å². The highest BCUT2D eigenvalue weighted by Crippen LogP contribution is 2.13. The van der Waals surface area contributed by atoms with Crippen LogP contribution in [0.25, 0.3) is 0 Å². The number of carbonyl (C=O) groups is 1. The van der Waals surface area contributed by atoms with E-state index in [2.05, 4.69) is 15.4 Å². The molecule has 0 aliphatic carbocycles.